The van der Waals surface area contributed by atoms with Crippen LogP contribution in [0.3, 0.4) is 0 Å². The maximum atomic E-state index is 14.6. The number of carboxylic acids is 1. The number of carboxylic acid groups (broad SMARTS) is 1. The number of unbranched alkanes of at least 4 members (excludes halogenated alkanes) is 3. The van der Waals surface area contributed by atoms with Crippen molar-refractivity contribution in [3.8, 4) is 11.8 Å². The van der Waals surface area contributed by atoms with Gasteiger partial charge in [-0.25, -0.2) is 4.39 Å². The van der Waals surface area contributed by atoms with E-state index in [9.17, 15) is 63.0 Å². The molecule has 4 aliphatic heterocycles. The first kappa shape index (κ1) is 75.0. The Hall–Kier alpha value is -7.35. The molecule has 5 atom stereocenters. The summed E-state index contributed by atoms with van der Waals surface area (Å²) in [5.74, 6) is -3.13. The summed E-state index contributed by atoms with van der Waals surface area (Å²) in [6.45, 7) is 9.46. The highest BCUT2D eigenvalue weighted by molar-refractivity contribution is 8.01. The number of amides is 6. The van der Waals surface area contributed by atoms with Crippen molar-refractivity contribution in [1.82, 2.24) is 49.9 Å². The van der Waals surface area contributed by atoms with E-state index >= 15 is 0 Å². The Balaban J connectivity index is 0.856. The number of ether oxygens (including phenoxy) is 3. The molecule has 4 aliphatic rings. The lowest BCUT2D eigenvalue weighted by molar-refractivity contribution is -0.144. The van der Waals surface area contributed by atoms with Crippen LogP contribution in [-0.2, 0) is 54.3 Å². The topological polar surface area (TPSA) is 305 Å². The maximum absolute atomic E-state index is 14.6. The average molecular weight is 1340 g/mol. The normalized spacial score (nSPS) is 20.5. The molecule has 3 aromatic rings. The number of pyridine rings is 1. The van der Waals surface area contributed by atoms with E-state index in [1.54, 1.807) is 36.1 Å². The van der Waals surface area contributed by atoms with Crippen molar-refractivity contribution in [2.24, 2.45) is 11.8 Å². The molecule has 4 saturated heterocycles. The Morgan fingerprint density at radius 1 is 0.863 bits per heavy atom. The number of hydrogen-bond donors (Lipinski definition) is 4. The van der Waals surface area contributed by atoms with E-state index in [4.69, 9.17) is 14.2 Å². The van der Waals surface area contributed by atoms with E-state index in [0.717, 1.165) is 43.4 Å². The second-order valence-electron chi connectivity index (χ2n) is 25.7. The number of piperidine rings is 1. The molecule has 0 aliphatic carbocycles. The molecule has 4 fully saturated rings. The predicted octanol–water partition coefficient (Wildman–Crippen LogP) is 4.41. The molecule has 4 N–H and O–H groups in total. The van der Waals surface area contributed by atoms with Crippen molar-refractivity contribution in [3.05, 3.63) is 71.4 Å². The summed E-state index contributed by atoms with van der Waals surface area (Å²) in [4.78, 5) is 133. The lowest BCUT2D eigenvalue weighted by Crippen LogP contribution is -2.49. The number of hydrogen-bond acceptors (Lipinski definition) is 20. The van der Waals surface area contributed by atoms with Gasteiger partial charge < -0.3 is 44.9 Å². The summed E-state index contributed by atoms with van der Waals surface area (Å²) in [5.41, 5.74) is 1.51. The van der Waals surface area contributed by atoms with Crippen LogP contribution in [0.5, 0.6) is 5.75 Å². The lowest BCUT2D eigenvalue weighted by atomic mass is 9.91. The molecular weight excluding hydrogens is 1250 g/mol. The summed E-state index contributed by atoms with van der Waals surface area (Å²) in [6, 6.07) is 16.1. The number of nitriles is 1. The number of aliphatic carboxylic acids is 1. The third-order valence-corrected chi connectivity index (χ3v) is 19.6. The Morgan fingerprint density at radius 2 is 1.56 bits per heavy atom. The number of halogens is 1. The molecular formula is C68H96FN11O14S. The number of alkyl halides is 1. The molecule has 95 heavy (non-hydrogen) atoms. The van der Waals surface area contributed by atoms with Gasteiger partial charge in [0.05, 0.1) is 74.4 Å². The Labute approximate surface area is 560 Å². The van der Waals surface area contributed by atoms with Gasteiger partial charge in [-0.3, -0.25) is 72.6 Å². The molecule has 5 heterocycles. The van der Waals surface area contributed by atoms with Crippen molar-refractivity contribution in [2.45, 2.75) is 133 Å². The minimum atomic E-state index is -1.68. The Kier molecular flexibility index (Phi) is 30.3. The SMILES string of the molecule is Cc1ccc(CCCC(=O)OCCCCCC(CNC(=O)CN2CCN(CO)CCN(COC=O)CCN(CC(=O)O)CC2)SC2CC(=O)N(CC(C)C(=O)N3CCC(CCCCOc4ccc5nccc(C(=O)NCC(=O)N6CC(C)(F)C[C@@H]6C#N)c5c4)CC3)C2=O)cc1. The standard InChI is InChI=1S/C68H96FN11O14S/c1-49-14-16-51(17-15-49)11-9-13-64(88)94-35-7-4-5-12-55(40-72-60(83)43-74-26-27-75(44-63(86)87)29-32-77(47-92-48-82)33-31-76(46-81)30-28-74)95-59-37-61(84)79(67(59)91)42-50(2)66(90)78-24-21-52(22-25-78)10-6-8-34-93-54-18-19-58-57(36-54)56(20-23-71-58)65(89)73-41-62(85)80-45-68(3,69)38-53(80)39-70/h14-20,23,36,48,50,52-53,55,59,81H,4-13,21-22,24-35,37-38,40-47H2,1-3H3,(H,72,83)(H,73,89)(H,86,87)/t50?,53-,55?,59?,68?/m1/s1. The molecule has 1 aromatic heterocycles. The highest BCUT2D eigenvalue weighted by Crippen LogP contribution is 2.33. The second kappa shape index (κ2) is 38.4. The molecule has 7 rings (SSSR count). The van der Waals surface area contributed by atoms with Gasteiger partial charge in [0.25, 0.3) is 12.4 Å². The first-order chi connectivity index (χ1) is 45.7. The van der Waals surface area contributed by atoms with Gasteiger partial charge in [-0.15, -0.1) is 11.8 Å². The molecule has 2 aromatic carbocycles. The van der Waals surface area contributed by atoms with E-state index in [1.165, 1.54) is 40.9 Å². The van der Waals surface area contributed by atoms with Crippen molar-refractivity contribution in [3.63, 3.8) is 0 Å². The van der Waals surface area contributed by atoms with E-state index in [-0.39, 0.29) is 106 Å². The number of aryl methyl sites for hydroxylation is 2. The third-order valence-electron chi connectivity index (χ3n) is 18.1. The Bertz CT molecular complexity index is 3100. The largest absolute Gasteiger partial charge is 0.494 e. The van der Waals surface area contributed by atoms with Gasteiger partial charge in [0.2, 0.25) is 29.5 Å². The third kappa shape index (κ3) is 24.7. The average Bonchev–Trinajstić information content (AvgIpc) is 1.82. The molecule has 0 bridgehead atoms. The van der Waals surface area contributed by atoms with Gasteiger partial charge in [-0.2, -0.15) is 5.26 Å². The highest BCUT2D eigenvalue weighted by atomic mass is 32.2. The molecule has 0 radical (unpaired) electrons. The van der Waals surface area contributed by atoms with E-state index in [0.29, 0.717) is 140 Å². The number of carbonyl (C=O) groups is 9. The van der Waals surface area contributed by atoms with E-state index in [1.807, 2.05) is 32.6 Å². The van der Waals surface area contributed by atoms with Gasteiger partial charge in [-0.05, 0) is 101 Å². The fourth-order valence-corrected chi connectivity index (χ4v) is 13.9. The number of thioether (sulfide) groups is 1. The number of aromatic nitrogens is 1. The number of rotatable bonds is 34. The van der Waals surface area contributed by atoms with Crippen LogP contribution in [0.15, 0.2) is 54.7 Å². The minimum Gasteiger partial charge on any atom is -0.494 e. The second-order valence-corrected chi connectivity index (χ2v) is 27.2. The monoisotopic (exact) mass is 1340 g/mol. The molecule has 4 unspecified atom stereocenters. The minimum absolute atomic E-state index is 0.0199. The van der Waals surface area contributed by atoms with Crippen LogP contribution >= 0.6 is 11.8 Å². The number of aliphatic hydroxyl groups is 1. The number of esters is 1. The van der Waals surface area contributed by atoms with E-state index < -0.39 is 47.2 Å². The fourth-order valence-electron chi connectivity index (χ4n) is 12.5. The van der Waals surface area contributed by atoms with Crippen LogP contribution in [0.4, 0.5) is 4.39 Å². The smallest absolute Gasteiger partial charge is 0.317 e. The lowest BCUT2D eigenvalue weighted by Gasteiger charge is -2.34. The zero-order chi connectivity index (χ0) is 68.3. The molecule has 0 saturated carbocycles. The zero-order valence-electron chi connectivity index (χ0n) is 55.3. The number of nitrogens with zero attached hydrogens (tertiary/aromatic N) is 9. The van der Waals surface area contributed by atoms with Gasteiger partial charge in [0.15, 0.2) is 0 Å². The zero-order valence-corrected chi connectivity index (χ0v) is 56.1. The predicted molar refractivity (Wildman–Crippen MR) is 353 cm³/mol. The van der Waals surface area contributed by atoms with Crippen LogP contribution in [0.2, 0.25) is 0 Å². The van der Waals surface area contributed by atoms with Crippen LogP contribution in [0, 0.1) is 30.1 Å². The number of aliphatic hydroxyl groups excluding tert-OH is 1. The molecule has 520 valence electrons. The summed E-state index contributed by atoms with van der Waals surface area (Å²) in [5, 5.41) is 34.5. The number of fused-ring (bicyclic) bond motifs is 1. The molecule has 27 heteroatoms. The highest BCUT2D eigenvalue weighted by Gasteiger charge is 2.44. The molecule has 25 nitrogen and oxygen atoms in total. The number of likely N-dealkylation sites (tertiary alicyclic amines) is 3. The van der Waals surface area contributed by atoms with Crippen LogP contribution in [0.1, 0.15) is 119 Å². The van der Waals surface area contributed by atoms with Crippen LogP contribution in [0.25, 0.3) is 10.9 Å². The maximum Gasteiger partial charge on any atom is 0.317 e. The quantitative estimate of drug-likeness (QED) is 0.0279. The number of imide groups is 1. The Morgan fingerprint density at radius 3 is 2.25 bits per heavy atom. The summed E-state index contributed by atoms with van der Waals surface area (Å²) in [6.07, 6.45) is 9.96. The summed E-state index contributed by atoms with van der Waals surface area (Å²) in [7, 11) is 0. The van der Waals surface area contributed by atoms with Gasteiger partial charge in [-0.1, -0.05) is 56.0 Å². The first-order valence-corrected chi connectivity index (χ1v) is 34.4. The van der Waals surface area contributed by atoms with Gasteiger partial charge in [0.1, 0.15) is 24.2 Å². The van der Waals surface area contributed by atoms with Crippen molar-refractivity contribution >= 4 is 76.5 Å². The summed E-state index contributed by atoms with van der Waals surface area (Å²) >= 11 is 1.34. The molecule has 6 amide bonds. The number of carbonyl (C=O) groups excluding carboxylic acids is 8. The van der Waals surface area contributed by atoms with Crippen molar-refractivity contribution in [1.29, 1.82) is 5.26 Å². The van der Waals surface area contributed by atoms with Gasteiger partial charge >= 0.3 is 11.9 Å². The van der Waals surface area contributed by atoms with Crippen LogP contribution < -0.4 is 15.4 Å². The first-order valence-electron chi connectivity index (χ1n) is 33.4. The summed E-state index contributed by atoms with van der Waals surface area (Å²) < 4.78 is 31.2. The number of benzene rings is 2. The van der Waals surface area contributed by atoms with Crippen molar-refractivity contribution in [2.75, 3.05) is 131 Å². The van der Waals surface area contributed by atoms with Gasteiger partial charge in [0, 0.05) is 115 Å². The van der Waals surface area contributed by atoms with Crippen molar-refractivity contribution < 1.29 is 72.0 Å². The fraction of sp³-hybridized carbons (Fsp3) is 0.632. The molecule has 0 spiro atoms. The number of nitrogens with one attached hydrogen (secondary N) is 2. The van der Waals surface area contributed by atoms with E-state index in [2.05, 4.69) is 39.9 Å². The van der Waals surface area contributed by atoms with Crippen LogP contribution in [-0.4, -0.2) is 257 Å².